The zero-order valence-corrected chi connectivity index (χ0v) is 39.6. The van der Waals surface area contributed by atoms with Gasteiger partial charge in [0.15, 0.2) is 0 Å². The third-order valence-corrected chi connectivity index (χ3v) is 14.7. The lowest BCUT2D eigenvalue weighted by Gasteiger charge is -2.32. The highest BCUT2D eigenvalue weighted by molar-refractivity contribution is 6.78. The van der Waals surface area contributed by atoms with Gasteiger partial charge in [-0.25, -0.2) is 0 Å². The molecule has 10 aromatic rings. The fraction of sp³-hybridized carbons (Fsp3) is 0. The van der Waals surface area contributed by atoms with E-state index < -0.39 is 0 Å². The van der Waals surface area contributed by atoms with Gasteiger partial charge in [-0.2, -0.15) is 0 Å². The Bertz CT molecular complexity index is 4330. The Morgan fingerprint density at radius 1 is 0.120 bits per heavy atom. The Morgan fingerprint density at radius 2 is 0.320 bits per heavy atom. The SMILES string of the molecule is [B]c1c([B])c([B])c(-c2c([B])c([B])c3c([B])c(-c4c5c([B])c([B])c([B])c([B])c5c(-c5c([B])c([B])c([B])c6oc7c8c([B])c([B])c([B])c([B])c8c([B])c([B])c7c56)c5c([B])c([B])c([B])c([B])c45)c([B])c([B])c3c2[B])c([B])c1[B]. The van der Waals surface area contributed by atoms with Crippen LogP contribution in [0.3, 0.4) is 0 Å². The molecule has 274 valence electrons. The van der Waals surface area contributed by atoms with Gasteiger partial charge in [0.05, 0.1) is 0 Å². The predicted octanol–water partition coefficient (Wildman–Crippen LogP) is -20.6. The average molecular weight is 871 g/mol. The molecule has 0 spiro atoms. The largest absolute Gasteiger partial charge is 0.456 e. The molecule has 0 atom stereocenters. The number of benzene rings is 9. The maximum Gasteiger partial charge on any atom is 0.141 e. The van der Waals surface area contributed by atoms with Gasteiger partial charge in [0.25, 0.3) is 0 Å². The third kappa shape index (κ3) is 6.85. The van der Waals surface area contributed by atoms with Crippen LogP contribution in [0.15, 0.2) is 4.42 Å². The molecule has 0 N–H and O–H groups in total. The van der Waals surface area contributed by atoms with Gasteiger partial charge in [-0.05, 0) is 71.1 Å². The zero-order valence-electron chi connectivity index (χ0n) is 39.6. The first-order valence-electron chi connectivity index (χ1n) is 22.0. The van der Waals surface area contributed by atoms with Crippen molar-refractivity contribution in [3.63, 3.8) is 0 Å². The van der Waals surface area contributed by atoms with E-state index in [0.717, 1.165) is 0 Å². The van der Waals surface area contributed by atoms with Gasteiger partial charge in [0.2, 0.25) is 0 Å². The van der Waals surface area contributed by atoms with Crippen LogP contribution in [-0.4, -0.2) is 220 Å². The lowest BCUT2D eigenvalue weighted by Crippen LogP contribution is -2.56. The van der Waals surface area contributed by atoms with Crippen molar-refractivity contribution >= 4 is 438 Å². The van der Waals surface area contributed by atoms with Crippen molar-refractivity contribution in [3.8, 4) is 33.4 Å². The van der Waals surface area contributed by atoms with Crippen molar-refractivity contribution in [1.82, 2.24) is 0 Å². The second kappa shape index (κ2) is 18.1. The van der Waals surface area contributed by atoms with E-state index >= 15 is 0 Å². The molecule has 0 saturated carbocycles. The second-order valence-electron chi connectivity index (χ2n) is 18.3. The Labute approximate surface area is 472 Å². The maximum atomic E-state index is 7.31. The summed E-state index contributed by atoms with van der Waals surface area (Å²) < 4.78 is 6.61. The first-order valence-corrected chi connectivity index (χ1v) is 22.0. The fourth-order valence-corrected chi connectivity index (χ4v) is 10.7. The van der Waals surface area contributed by atoms with Crippen molar-refractivity contribution in [2.75, 3.05) is 0 Å². The van der Waals surface area contributed by atoms with Crippen LogP contribution >= 0.6 is 0 Å². The molecule has 29 heteroatoms. The molecular formula is C46B28O. The highest BCUT2D eigenvalue weighted by atomic mass is 16.3. The van der Waals surface area contributed by atoms with Gasteiger partial charge >= 0.3 is 0 Å². The molecule has 10 rings (SSSR count). The van der Waals surface area contributed by atoms with E-state index in [1.165, 1.54) is 0 Å². The summed E-state index contributed by atoms with van der Waals surface area (Å²) in [6, 6.07) is 0. The van der Waals surface area contributed by atoms with Crippen LogP contribution in [0.5, 0.6) is 0 Å². The van der Waals surface area contributed by atoms with Gasteiger partial charge in [-0.1, -0.05) is 98.3 Å². The summed E-state index contributed by atoms with van der Waals surface area (Å²) in [5, 5.41) is 0.251. The van der Waals surface area contributed by atoms with Crippen LogP contribution in [0.2, 0.25) is 0 Å². The zero-order chi connectivity index (χ0) is 55.3. The van der Waals surface area contributed by atoms with Crippen molar-refractivity contribution < 1.29 is 4.42 Å². The monoisotopic (exact) mass is 876 g/mol. The van der Waals surface area contributed by atoms with Crippen molar-refractivity contribution in [1.29, 1.82) is 0 Å². The summed E-state index contributed by atoms with van der Waals surface area (Å²) in [7, 11) is 190. The van der Waals surface area contributed by atoms with Crippen LogP contribution in [0, 0.1) is 0 Å². The topological polar surface area (TPSA) is 13.1 Å². The molecule has 0 amide bonds. The van der Waals surface area contributed by atoms with Gasteiger partial charge in [-0.3, -0.25) is 0 Å². The molecule has 0 unspecified atom stereocenters. The molecule has 0 aliphatic carbocycles. The van der Waals surface area contributed by atoms with Gasteiger partial charge in [-0.15, -0.1) is 54.6 Å². The van der Waals surface area contributed by atoms with E-state index in [4.69, 9.17) is 224 Å². The summed E-state index contributed by atoms with van der Waals surface area (Å²) in [5.74, 6) is 0. The number of furan rings is 1. The smallest absolute Gasteiger partial charge is 0.141 e. The van der Waals surface area contributed by atoms with Gasteiger partial charge in [0.1, 0.15) is 231 Å². The van der Waals surface area contributed by atoms with E-state index in [1.807, 2.05) is 0 Å². The Kier molecular flexibility index (Phi) is 13.0. The fourth-order valence-electron chi connectivity index (χ4n) is 10.7. The van der Waals surface area contributed by atoms with Crippen molar-refractivity contribution in [3.05, 3.63) is 0 Å². The summed E-state index contributed by atoms with van der Waals surface area (Å²) in [6.07, 6.45) is 0. The van der Waals surface area contributed by atoms with Gasteiger partial charge < -0.3 is 4.42 Å². The molecular weight excluding hydrogens is 871 g/mol. The molecule has 0 aliphatic rings. The minimum Gasteiger partial charge on any atom is -0.456 e. The Balaban J connectivity index is 1.50. The maximum absolute atomic E-state index is 7.31. The minimum absolute atomic E-state index is 0.00323. The summed E-state index contributed by atoms with van der Waals surface area (Å²) in [4.78, 5) is 0. The quantitative estimate of drug-likeness (QED) is 0.127. The Morgan fingerprint density at radius 3 is 0.720 bits per heavy atom. The average Bonchev–Trinajstić information content (AvgIpc) is 3.77. The number of fused-ring (bicyclic) bond motifs is 8. The molecule has 1 nitrogen and oxygen atoms in total. The minimum atomic E-state index is -0.248. The van der Waals surface area contributed by atoms with Gasteiger partial charge in [0, 0.05) is 16.2 Å². The molecule has 0 bridgehead atoms. The molecule has 56 radical (unpaired) electrons. The number of hydrogen-bond acceptors (Lipinski definition) is 1. The van der Waals surface area contributed by atoms with Crippen molar-refractivity contribution in [2.24, 2.45) is 0 Å². The van der Waals surface area contributed by atoms with E-state index in [9.17, 15) is 0 Å². The molecule has 9 aromatic carbocycles. The van der Waals surface area contributed by atoms with E-state index in [0.29, 0.717) is 0 Å². The summed E-state index contributed by atoms with van der Waals surface area (Å²) >= 11 is 0. The van der Waals surface area contributed by atoms with Crippen LogP contribution in [0.25, 0.3) is 98.4 Å². The molecule has 0 saturated heterocycles. The molecule has 75 heavy (non-hydrogen) atoms. The molecule has 0 aliphatic heterocycles. The third-order valence-electron chi connectivity index (χ3n) is 14.7. The predicted molar refractivity (Wildman–Crippen MR) is 351 cm³/mol. The van der Waals surface area contributed by atoms with Crippen molar-refractivity contribution in [2.45, 2.75) is 0 Å². The number of hydrogen-bond donors (Lipinski definition) is 0. The molecule has 0 fully saturated rings. The standard InChI is InChI=1S/C46B28O/c47-17-9(24(54)25(55)11-10(17)26(56)27(57)12(18(11)48)13-29(59)39(69)43(73)40(70)30(13)60)2-5-3(19(49)34(64)36(66)21(5)51)1(4-6(2)22(52)37(67)35(65)20(4)50)7-8-15-32(62)28(58)14-16(33(63)41(71)38(68)31(14)61)45(15)75-46(8)44(74)42(72)23(7)53. The highest BCUT2D eigenvalue weighted by Crippen LogP contribution is 2.43. The van der Waals surface area contributed by atoms with Crippen LogP contribution in [-0.2, 0) is 0 Å². The van der Waals surface area contributed by atoms with Crippen LogP contribution < -0.4 is 153 Å². The summed E-state index contributed by atoms with van der Waals surface area (Å²) in [6.45, 7) is 0. The Hall–Kier alpha value is -4.36. The molecule has 1 aromatic heterocycles. The highest BCUT2D eigenvalue weighted by Gasteiger charge is 2.32. The number of rotatable bonds is 3. The van der Waals surface area contributed by atoms with Crippen LogP contribution in [0.1, 0.15) is 0 Å². The van der Waals surface area contributed by atoms with E-state index in [2.05, 4.69) is 0 Å². The summed E-state index contributed by atoms with van der Waals surface area (Å²) in [5.41, 5.74) is -4.64. The normalized spacial score (nSPS) is 11.9. The second-order valence-corrected chi connectivity index (χ2v) is 18.3. The lowest BCUT2D eigenvalue weighted by atomic mass is 9.55. The lowest BCUT2D eigenvalue weighted by molar-refractivity contribution is 0.676. The van der Waals surface area contributed by atoms with E-state index in [1.54, 1.807) is 0 Å². The first kappa shape index (κ1) is 54.0. The van der Waals surface area contributed by atoms with Crippen LogP contribution in [0.4, 0.5) is 0 Å². The first-order chi connectivity index (χ1) is 35.0. The van der Waals surface area contributed by atoms with E-state index in [-0.39, 0.29) is 251 Å². The molecule has 1 heterocycles.